The number of carbonyl (C=O) groups excluding carboxylic acids is 1. The van der Waals surface area contributed by atoms with Gasteiger partial charge in [0, 0.05) is 25.0 Å². The molecule has 1 aromatic rings. The van der Waals surface area contributed by atoms with Crippen LogP contribution in [0.2, 0.25) is 0 Å². The quantitative estimate of drug-likeness (QED) is 0.853. The first-order valence-corrected chi connectivity index (χ1v) is 6.33. The molecule has 0 aromatic carbocycles. The monoisotopic (exact) mass is 251 g/mol. The minimum absolute atomic E-state index is 0.102. The van der Waals surface area contributed by atoms with E-state index in [0.29, 0.717) is 13.0 Å². The summed E-state index contributed by atoms with van der Waals surface area (Å²) in [6.45, 7) is 2.71. The summed E-state index contributed by atoms with van der Waals surface area (Å²) in [5, 5.41) is 6.30. The summed E-state index contributed by atoms with van der Waals surface area (Å²) in [6, 6.07) is 3.50. The topological polar surface area (TPSA) is 54.0 Å². The van der Waals surface area contributed by atoms with Crippen molar-refractivity contribution in [3.63, 3.8) is 0 Å². The number of aromatic nitrogens is 1. The first-order chi connectivity index (χ1) is 8.69. The van der Waals surface area contributed by atoms with Gasteiger partial charge in [0.05, 0.1) is 11.9 Å². The molecule has 18 heavy (non-hydrogen) atoms. The van der Waals surface area contributed by atoms with E-state index < -0.39 is 0 Å². The van der Waals surface area contributed by atoms with Gasteiger partial charge in [-0.05, 0) is 25.0 Å². The molecule has 2 unspecified atom stereocenters. The molecule has 0 aliphatic carbocycles. The van der Waals surface area contributed by atoms with Crippen LogP contribution >= 0.6 is 0 Å². The Morgan fingerprint density at radius 3 is 3.00 bits per heavy atom. The van der Waals surface area contributed by atoms with Gasteiger partial charge in [0.1, 0.15) is 5.82 Å². The van der Waals surface area contributed by atoms with Crippen LogP contribution in [0.25, 0.3) is 0 Å². The molecule has 4 nitrogen and oxygen atoms in total. The van der Waals surface area contributed by atoms with Gasteiger partial charge in [-0.15, -0.1) is 0 Å². The van der Waals surface area contributed by atoms with E-state index in [9.17, 15) is 9.18 Å². The van der Waals surface area contributed by atoms with Crippen molar-refractivity contribution in [2.45, 2.75) is 38.3 Å². The van der Waals surface area contributed by atoms with Crippen molar-refractivity contribution in [3.05, 3.63) is 29.8 Å². The van der Waals surface area contributed by atoms with Gasteiger partial charge in [-0.2, -0.15) is 0 Å². The van der Waals surface area contributed by atoms with Crippen molar-refractivity contribution in [2.24, 2.45) is 0 Å². The number of halogens is 1. The number of piperidine rings is 1. The summed E-state index contributed by atoms with van der Waals surface area (Å²) in [6.07, 6.45) is 3.51. The number of pyridine rings is 1. The minimum Gasteiger partial charge on any atom is -0.355 e. The van der Waals surface area contributed by atoms with E-state index in [1.807, 2.05) is 0 Å². The van der Waals surface area contributed by atoms with E-state index in [0.717, 1.165) is 18.5 Å². The van der Waals surface area contributed by atoms with Crippen LogP contribution in [0.3, 0.4) is 0 Å². The van der Waals surface area contributed by atoms with Crippen LogP contribution in [0, 0.1) is 5.82 Å². The van der Waals surface area contributed by atoms with Gasteiger partial charge in [-0.25, -0.2) is 4.39 Å². The lowest BCUT2D eigenvalue weighted by molar-refractivity contribution is -0.122. The van der Waals surface area contributed by atoms with Gasteiger partial charge in [0.25, 0.3) is 0 Å². The van der Waals surface area contributed by atoms with Gasteiger partial charge in [0.2, 0.25) is 5.91 Å². The highest BCUT2D eigenvalue weighted by atomic mass is 19.1. The van der Waals surface area contributed by atoms with Gasteiger partial charge in [-0.1, -0.05) is 6.92 Å². The molecule has 1 fully saturated rings. The largest absolute Gasteiger partial charge is 0.355 e. The Kier molecular flexibility index (Phi) is 4.25. The molecular formula is C13H18FN3O. The van der Waals surface area contributed by atoms with Crippen LogP contribution in [0.4, 0.5) is 4.39 Å². The van der Waals surface area contributed by atoms with Crippen molar-refractivity contribution in [3.8, 4) is 0 Å². The number of rotatable bonds is 4. The summed E-state index contributed by atoms with van der Waals surface area (Å²) in [5.74, 6) is -0.209. The number of nitrogens with zero attached hydrogens (tertiary/aromatic N) is 1. The van der Waals surface area contributed by atoms with Crippen LogP contribution < -0.4 is 10.6 Å². The SMILES string of the molecule is CCC(NC1CCC(=O)NC1)c1ccc(F)cn1. The molecule has 0 bridgehead atoms. The first-order valence-electron chi connectivity index (χ1n) is 6.33. The average molecular weight is 251 g/mol. The molecule has 1 saturated heterocycles. The molecule has 5 heteroatoms. The molecule has 0 radical (unpaired) electrons. The molecular weight excluding hydrogens is 233 g/mol. The average Bonchev–Trinajstić information content (AvgIpc) is 2.39. The van der Waals surface area contributed by atoms with E-state index in [4.69, 9.17) is 0 Å². The molecule has 2 atom stereocenters. The van der Waals surface area contributed by atoms with Crippen molar-refractivity contribution >= 4 is 5.91 Å². The molecule has 2 heterocycles. The molecule has 1 aliphatic heterocycles. The van der Waals surface area contributed by atoms with Crippen molar-refractivity contribution in [1.82, 2.24) is 15.6 Å². The lowest BCUT2D eigenvalue weighted by atomic mass is 10.0. The predicted molar refractivity (Wildman–Crippen MR) is 66.4 cm³/mol. The van der Waals surface area contributed by atoms with Crippen LogP contribution in [-0.4, -0.2) is 23.5 Å². The van der Waals surface area contributed by atoms with E-state index in [1.165, 1.54) is 12.3 Å². The van der Waals surface area contributed by atoms with E-state index in [-0.39, 0.29) is 23.8 Å². The molecule has 1 aromatic heterocycles. The Hall–Kier alpha value is -1.49. The standard InChI is InChI=1S/C13H18FN3O/c1-2-11(12-5-3-9(14)7-15-12)17-10-4-6-13(18)16-8-10/h3,5,7,10-11,17H,2,4,6,8H2,1H3,(H,16,18). The maximum atomic E-state index is 12.8. The third-order valence-electron chi connectivity index (χ3n) is 3.22. The van der Waals surface area contributed by atoms with Crippen molar-refractivity contribution < 1.29 is 9.18 Å². The van der Waals surface area contributed by atoms with E-state index >= 15 is 0 Å². The summed E-state index contributed by atoms with van der Waals surface area (Å²) in [4.78, 5) is 15.2. The second-order valence-corrected chi connectivity index (χ2v) is 4.57. The third kappa shape index (κ3) is 3.26. The zero-order valence-electron chi connectivity index (χ0n) is 10.4. The highest BCUT2D eigenvalue weighted by Crippen LogP contribution is 2.17. The van der Waals surface area contributed by atoms with Gasteiger partial charge in [-0.3, -0.25) is 9.78 Å². The highest BCUT2D eigenvalue weighted by Gasteiger charge is 2.21. The zero-order chi connectivity index (χ0) is 13.0. The van der Waals surface area contributed by atoms with Crippen LogP contribution in [0.5, 0.6) is 0 Å². The Morgan fingerprint density at radius 1 is 1.61 bits per heavy atom. The molecule has 98 valence electrons. The predicted octanol–water partition coefficient (Wildman–Crippen LogP) is 1.54. The maximum absolute atomic E-state index is 12.8. The van der Waals surface area contributed by atoms with Crippen molar-refractivity contribution in [2.75, 3.05) is 6.54 Å². The first kappa shape index (κ1) is 13.0. The second-order valence-electron chi connectivity index (χ2n) is 4.57. The number of carbonyl (C=O) groups is 1. The highest BCUT2D eigenvalue weighted by molar-refractivity contribution is 5.76. The molecule has 2 rings (SSSR count). The fraction of sp³-hybridized carbons (Fsp3) is 0.538. The Bertz CT molecular complexity index is 397. The van der Waals surface area contributed by atoms with Gasteiger partial charge < -0.3 is 10.6 Å². The van der Waals surface area contributed by atoms with E-state index in [1.54, 1.807) is 6.07 Å². The van der Waals surface area contributed by atoms with Crippen LogP contribution in [-0.2, 0) is 4.79 Å². The maximum Gasteiger partial charge on any atom is 0.220 e. The summed E-state index contributed by atoms with van der Waals surface area (Å²) in [7, 11) is 0. The summed E-state index contributed by atoms with van der Waals surface area (Å²) in [5.41, 5.74) is 0.843. The lowest BCUT2D eigenvalue weighted by Crippen LogP contribution is -2.46. The molecule has 1 amide bonds. The smallest absolute Gasteiger partial charge is 0.220 e. The normalized spacial score (nSPS) is 21.4. The zero-order valence-corrected chi connectivity index (χ0v) is 10.4. The Labute approximate surface area is 106 Å². The number of hydrogen-bond donors (Lipinski definition) is 2. The number of nitrogens with one attached hydrogen (secondary N) is 2. The number of amides is 1. The van der Waals surface area contributed by atoms with Crippen LogP contribution in [0.1, 0.15) is 37.9 Å². The third-order valence-corrected chi connectivity index (χ3v) is 3.22. The van der Waals surface area contributed by atoms with Gasteiger partial charge in [0.15, 0.2) is 0 Å². The molecule has 0 saturated carbocycles. The van der Waals surface area contributed by atoms with Gasteiger partial charge >= 0.3 is 0 Å². The van der Waals surface area contributed by atoms with E-state index in [2.05, 4.69) is 22.5 Å². The van der Waals surface area contributed by atoms with Crippen molar-refractivity contribution in [1.29, 1.82) is 0 Å². The molecule has 1 aliphatic rings. The minimum atomic E-state index is -0.321. The Morgan fingerprint density at radius 2 is 2.44 bits per heavy atom. The van der Waals surface area contributed by atoms with Crippen LogP contribution in [0.15, 0.2) is 18.3 Å². The Balaban J connectivity index is 1.96. The fourth-order valence-electron chi connectivity index (χ4n) is 2.17. The fourth-order valence-corrected chi connectivity index (χ4v) is 2.17. The summed E-state index contributed by atoms with van der Waals surface area (Å²) < 4.78 is 12.8. The second kappa shape index (κ2) is 5.91. The summed E-state index contributed by atoms with van der Waals surface area (Å²) >= 11 is 0. The number of hydrogen-bond acceptors (Lipinski definition) is 3. The molecule has 0 spiro atoms. The molecule has 2 N–H and O–H groups in total. The lowest BCUT2D eigenvalue weighted by Gasteiger charge is -2.28.